The predicted molar refractivity (Wildman–Crippen MR) is 118 cm³/mol. The molecule has 0 aliphatic carbocycles. The van der Waals surface area contributed by atoms with Crippen LogP contribution in [-0.4, -0.2) is 27.9 Å². The van der Waals surface area contributed by atoms with E-state index in [9.17, 15) is 9.59 Å². The molecule has 0 unspecified atom stereocenters. The first-order chi connectivity index (χ1) is 13.5. The van der Waals surface area contributed by atoms with Gasteiger partial charge in [-0.3, -0.25) is 9.59 Å². The van der Waals surface area contributed by atoms with Crippen LogP contribution in [0.1, 0.15) is 25.3 Å². The maximum absolute atomic E-state index is 12.2. The fourth-order valence-corrected chi connectivity index (χ4v) is 3.75. The van der Waals surface area contributed by atoms with Gasteiger partial charge in [-0.1, -0.05) is 64.9 Å². The molecule has 3 rings (SSSR count). The second-order valence-corrected chi connectivity index (χ2v) is 8.13. The second-order valence-electron chi connectivity index (χ2n) is 6.03. The molecule has 1 aliphatic rings. The highest BCUT2D eigenvalue weighted by molar-refractivity contribution is 9.10. The van der Waals surface area contributed by atoms with Gasteiger partial charge in [0.25, 0.3) is 0 Å². The van der Waals surface area contributed by atoms with E-state index in [0.717, 1.165) is 22.2 Å². The number of anilines is 1. The number of thioether (sulfide) groups is 1. The van der Waals surface area contributed by atoms with Gasteiger partial charge >= 0.3 is 0 Å². The smallest absolute Gasteiger partial charge is 0.240 e. The molecule has 0 bridgehead atoms. The minimum atomic E-state index is -0.522. The number of benzene rings is 2. The van der Waals surface area contributed by atoms with Crippen LogP contribution in [0.2, 0.25) is 0 Å². The van der Waals surface area contributed by atoms with Crippen molar-refractivity contribution < 1.29 is 9.59 Å². The summed E-state index contributed by atoms with van der Waals surface area (Å²) < 4.78 is 0.930. The molecule has 0 aromatic heterocycles. The van der Waals surface area contributed by atoms with Crippen LogP contribution >= 0.6 is 27.7 Å². The third-order valence-electron chi connectivity index (χ3n) is 3.98. The molecule has 0 spiro atoms. The molecule has 2 N–H and O–H groups in total. The van der Waals surface area contributed by atoms with Crippen LogP contribution in [0.25, 0.3) is 0 Å². The van der Waals surface area contributed by atoms with Crippen molar-refractivity contribution in [1.29, 1.82) is 0 Å². The van der Waals surface area contributed by atoms with Crippen molar-refractivity contribution >= 4 is 56.1 Å². The zero-order valence-corrected chi connectivity index (χ0v) is 17.6. The van der Waals surface area contributed by atoms with E-state index in [1.807, 2.05) is 49.4 Å². The highest BCUT2D eigenvalue weighted by Crippen LogP contribution is 2.23. The lowest BCUT2D eigenvalue weighted by atomic mass is 10.1. The van der Waals surface area contributed by atoms with E-state index in [0.29, 0.717) is 10.9 Å². The summed E-state index contributed by atoms with van der Waals surface area (Å²) in [6.45, 7) is 2.00. The molecule has 1 fully saturated rings. The Balaban J connectivity index is 1.61. The molecule has 28 heavy (non-hydrogen) atoms. The van der Waals surface area contributed by atoms with Gasteiger partial charge in [-0.2, -0.15) is 5.10 Å². The fraction of sp³-hybridized carbons (Fsp3) is 0.200. The van der Waals surface area contributed by atoms with Gasteiger partial charge in [0.1, 0.15) is 5.25 Å². The number of hydrogen-bond acceptors (Lipinski definition) is 5. The van der Waals surface area contributed by atoms with Gasteiger partial charge in [0.15, 0.2) is 5.17 Å². The monoisotopic (exact) mass is 458 g/mol. The number of carbonyl (C=O) groups is 2. The third-order valence-corrected chi connectivity index (χ3v) is 5.58. The number of amidine groups is 1. The quantitative estimate of drug-likeness (QED) is 0.502. The number of amides is 2. The maximum atomic E-state index is 12.2. The minimum Gasteiger partial charge on any atom is -0.326 e. The molecule has 6 nitrogen and oxygen atoms in total. The molecule has 2 amide bonds. The Morgan fingerprint density at radius 1 is 1.18 bits per heavy atom. The summed E-state index contributed by atoms with van der Waals surface area (Å²) in [6, 6.07) is 17.0. The van der Waals surface area contributed by atoms with E-state index in [1.165, 1.54) is 11.8 Å². The van der Waals surface area contributed by atoms with E-state index in [-0.39, 0.29) is 18.2 Å². The van der Waals surface area contributed by atoms with Crippen molar-refractivity contribution in [2.45, 2.75) is 25.0 Å². The molecule has 1 atom stereocenters. The number of hydrogen-bond donors (Lipinski definition) is 2. The largest absolute Gasteiger partial charge is 0.326 e. The van der Waals surface area contributed by atoms with Gasteiger partial charge in [0.2, 0.25) is 11.8 Å². The molecule has 2 aromatic rings. The SMILES string of the molecule is CCC(=NN=C1NC(=O)[C@H](CC(=O)Nc2ccc(Br)cc2)S1)c1ccccc1. The number of nitrogens with zero attached hydrogens (tertiary/aromatic N) is 2. The third kappa shape index (κ3) is 5.53. The first-order valence-corrected chi connectivity index (χ1v) is 10.5. The molecule has 0 saturated carbocycles. The summed E-state index contributed by atoms with van der Waals surface area (Å²) in [4.78, 5) is 24.4. The first-order valence-electron chi connectivity index (χ1n) is 8.78. The second kappa shape index (κ2) is 9.66. The molecule has 2 aromatic carbocycles. The number of rotatable bonds is 6. The number of carbonyl (C=O) groups excluding carboxylic acids is 2. The minimum absolute atomic E-state index is 0.0641. The molecule has 8 heteroatoms. The van der Waals surface area contributed by atoms with Crippen LogP contribution in [0.3, 0.4) is 0 Å². The van der Waals surface area contributed by atoms with Crippen molar-refractivity contribution in [1.82, 2.24) is 5.32 Å². The van der Waals surface area contributed by atoms with Crippen molar-refractivity contribution in [3.63, 3.8) is 0 Å². The predicted octanol–water partition coefficient (Wildman–Crippen LogP) is 4.18. The zero-order valence-electron chi connectivity index (χ0n) is 15.2. The molecule has 0 radical (unpaired) electrons. The maximum Gasteiger partial charge on any atom is 0.240 e. The van der Waals surface area contributed by atoms with Crippen molar-refractivity contribution in [3.8, 4) is 0 Å². The summed E-state index contributed by atoms with van der Waals surface area (Å²) in [5.41, 5.74) is 2.51. The lowest BCUT2D eigenvalue weighted by Gasteiger charge is -2.07. The Bertz CT molecular complexity index is 914. The van der Waals surface area contributed by atoms with E-state index in [4.69, 9.17) is 0 Å². The Kier molecular flexibility index (Phi) is 7.00. The van der Waals surface area contributed by atoms with Gasteiger partial charge in [0.05, 0.1) is 5.71 Å². The lowest BCUT2D eigenvalue weighted by molar-refractivity contribution is -0.122. The van der Waals surface area contributed by atoms with Crippen LogP contribution in [0.4, 0.5) is 5.69 Å². The molecule has 1 heterocycles. The fourth-order valence-electron chi connectivity index (χ4n) is 2.57. The molecular weight excluding hydrogens is 440 g/mol. The van der Waals surface area contributed by atoms with Gasteiger partial charge in [-0.25, -0.2) is 0 Å². The highest BCUT2D eigenvalue weighted by Gasteiger charge is 2.32. The summed E-state index contributed by atoms with van der Waals surface area (Å²) in [6.07, 6.45) is 0.785. The Hall–Kier alpha value is -2.45. The summed E-state index contributed by atoms with van der Waals surface area (Å²) in [7, 11) is 0. The Morgan fingerprint density at radius 3 is 2.57 bits per heavy atom. The average molecular weight is 459 g/mol. The highest BCUT2D eigenvalue weighted by atomic mass is 79.9. The summed E-state index contributed by atoms with van der Waals surface area (Å²) in [5, 5.41) is 13.8. The topological polar surface area (TPSA) is 82.9 Å². The van der Waals surface area contributed by atoms with Gasteiger partial charge in [-0.15, -0.1) is 5.10 Å². The zero-order chi connectivity index (χ0) is 19.9. The van der Waals surface area contributed by atoms with Crippen molar-refractivity contribution in [3.05, 3.63) is 64.6 Å². The molecule has 1 saturated heterocycles. The van der Waals surface area contributed by atoms with Gasteiger partial charge in [0, 0.05) is 16.6 Å². The number of halogens is 1. The van der Waals surface area contributed by atoms with E-state index < -0.39 is 5.25 Å². The van der Waals surface area contributed by atoms with Crippen LogP contribution < -0.4 is 10.6 Å². The average Bonchev–Trinajstić information content (AvgIpc) is 3.04. The molecule has 1 aliphatic heterocycles. The molecule has 144 valence electrons. The van der Waals surface area contributed by atoms with E-state index >= 15 is 0 Å². The lowest BCUT2D eigenvalue weighted by Crippen LogP contribution is -2.28. The van der Waals surface area contributed by atoms with Crippen LogP contribution in [0, 0.1) is 0 Å². The summed E-state index contributed by atoms with van der Waals surface area (Å²) >= 11 is 4.57. The van der Waals surface area contributed by atoms with Gasteiger partial charge in [-0.05, 0) is 36.2 Å². The number of nitrogens with one attached hydrogen (secondary N) is 2. The first kappa shape index (κ1) is 20.3. The normalized spacial score (nSPS) is 18.2. The van der Waals surface area contributed by atoms with E-state index in [2.05, 4.69) is 36.8 Å². The van der Waals surface area contributed by atoms with E-state index in [1.54, 1.807) is 12.1 Å². The Labute approximate surface area is 176 Å². The van der Waals surface area contributed by atoms with Crippen molar-refractivity contribution in [2.75, 3.05) is 5.32 Å². The van der Waals surface area contributed by atoms with Gasteiger partial charge < -0.3 is 10.6 Å². The molecular formula is C20H19BrN4O2S. The standard InChI is InChI=1S/C20H19BrN4O2S/c1-2-16(13-6-4-3-5-7-13)24-25-20-23-19(27)17(28-20)12-18(26)22-15-10-8-14(21)9-11-15/h3-11,17H,2,12H2,1H3,(H,22,26)(H,23,25,27)/t17-/m0/s1. The summed E-state index contributed by atoms with van der Waals surface area (Å²) in [5.74, 6) is -0.457. The van der Waals surface area contributed by atoms with Crippen molar-refractivity contribution in [2.24, 2.45) is 10.2 Å². The van der Waals surface area contributed by atoms with Crippen LogP contribution in [-0.2, 0) is 9.59 Å². The van der Waals surface area contributed by atoms with Crippen LogP contribution in [0.5, 0.6) is 0 Å². The van der Waals surface area contributed by atoms with Crippen LogP contribution in [0.15, 0.2) is 69.3 Å². The Morgan fingerprint density at radius 2 is 1.89 bits per heavy atom.